The summed E-state index contributed by atoms with van der Waals surface area (Å²) in [6, 6.07) is 7.92. The lowest BCUT2D eigenvalue weighted by molar-refractivity contribution is 0.178. The van der Waals surface area contributed by atoms with E-state index in [4.69, 9.17) is 10.00 Å². The second-order valence-corrected chi connectivity index (χ2v) is 5.36. The first-order valence-electron chi connectivity index (χ1n) is 7.06. The van der Waals surface area contributed by atoms with Crippen molar-refractivity contribution in [3.63, 3.8) is 0 Å². The van der Waals surface area contributed by atoms with Crippen molar-refractivity contribution in [2.24, 2.45) is 0 Å². The van der Waals surface area contributed by atoms with Crippen LogP contribution >= 0.6 is 0 Å². The summed E-state index contributed by atoms with van der Waals surface area (Å²) in [7, 11) is 1.55. The number of nitriles is 1. The van der Waals surface area contributed by atoms with Gasteiger partial charge >= 0.3 is 6.03 Å². The average Bonchev–Trinajstić information content (AvgIpc) is 2.84. The van der Waals surface area contributed by atoms with Crippen molar-refractivity contribution in [3.05, 3.63) is 29.3 Å². The molecule has 1 unspecified atom stereocenters. The van der Waals surface area contributed by atoms with E-state index >= 15 is 0 Å². The van der Waals surface area contributed by atoms with Gasteiger partial charge in [-0.3, -0.25) is 0 Å². The van der Waals surface area contributed by atoms with Crippen LogP contribution in [-0.4, -0.2) is 55.2 Å². The molecule has 2 fully saturated rings. The Balaban J connectivity index is 1.75. The maximum Gasteiger partial charge on any atom is 0.320 e. The molecular weight excluding hydrogens is 268 g/mol. The molecule has 6 heteroatoms. The van der Waals surface area contributed by atoms with Gasteiger partial charge in [0.2, 0.25) is 0 Å². The van der Waals surface area contributed by atoms with Crippen LogP contribution in [0, 0.1) is 11.3 Å². The highest BCUT2D eigenvalue weighted by molar-refractivity contribution is 5.77. The molecule has 2 aliphatic rings. The maximum atomic E-state index is 12.4. The highest BCUT2D eigenvalue weighted by Crippen LogP contribution is 2.23. The molecule has 2 saturated heterocycles. The topological polar surface area (TPSA) is 68.6 Å². The summed E-state index contributed by atoms with van der Waals surface area (Å²) in [6.45, 7) is 3.79. The van der Waals surface area contributed by atoms with E-state index in [-0.39, 0.29) is 12.1 Å². The molecule has 1 atom stereocenters. The zero-order valence-electron chi connectivity index (χ0n) is 12.0. The van der Waals surface area contributed by atoms with Crippen molar-refractivity contribution in [1.82, 2.24) is 15.1 Å². The van der Waals surface area contributed by atoms with Crippen molar-refractivity contribution >= 4 is 6.03 Å². The fraction of sp³-hybridized carbons (Fsp3) is 0.467. The van der Waals surface area contributed by atoms with E-state index < -0.39 is 0 Å². The molecule has 0 bridgehead atoms. The van der Waals surface area contributed by atoms with Crippen LogP contribution in [0.15, 0.2) is 18.2 Å². The molecule has 1 N–H and O–H groups in total. The highest BCUT2D eigenvalue weighted by atomic mass is 16.5. The van der Waals surface area contributed by atoms with Gasteiger partial charge in [0.1, 0.15) is 11.8 Å². The molecule has 110 valence electrons. The lowest BCUT2D eigenvalue weighted by Gasteiger charge is -2.28. The minimum atomic E-state index is 0.102. The largest absolute Gasteiger partial charge is 0.495 e. The number of nitrogens with zero attached hydrogens (tertiary/aromatic N) is 3. The van der Waals surface area contributed by atoms with Crippen LogP contribution in [0.1, 0.15) is 11.1 Å². The third-order valence-electron chi connectivity index (χ3n) is 4.06. The molecule has 21 heavy (non-hydrogen) atoms. The fourth-order valence-corrected chi connectivity index (χ4v) is 2.97. The number of amides is 2. The van der Waals surface area contributed by atoms with Crippen LogP contribution in [0.4, 0.5) is 4.79 Å². The molecule has 0 saturated carbocycles. The molecule has 6 nitrogen and oxygen atoms in total. The number of hydrogen-bond acceptors (Lipinski definition) is 4. The Labute approximate surface area is 123 Å². The quantitative estimate of drug-likeness (QED) is 0.891. The van der Waals surface area contributed by atoms with Crippen LogP contribution in [-0.2, 0) is 6.54 Å². The summed E-state index contributed by atoms with van der Waals surface area (Å²) in [6.07, 6.45) is 0. The van der Waals surface area contributed by atoms with E-state index in [0.29, 0.717) is 17.9 Å². The molecular formula is C15H18N4O2. The third kappa shape index (κ3) is 2.52. The number of urea groups is 1. The molecule has 2 aliphatic heterocycles. The predicted octanol–water partition coefficient (Wildman–Crippen LogP) is 0.776. The first-order chi connectivity index (χ1) is 10.2. The van der Waals surface area contributed by atoms with E-state index in [1.54, 1.807) is 13.2 Å². The first kappa shape index (κ1) is 13.7. The summed E-state index contributed by atoms with van der Waals surface area (Å²) in [5.41, 5.74) is 1.49. The molecule has 0 aromatic heterocycles. The van der Waals surface area contributed by atoms with Gasteiger partial charge in [-0.05, 0) is 17.7 Å². The van der Waals surface area contributed by atoms with Gasteiger partial charge in [0.25, 0.3) is 0 Å². The monoisotopic (exact) mass is 286 g/mol. The first-order valence-corrected chi connectivity index (χ1v) is 7.06. The second-order valence-electron chi connectivity index (χ2n) is 5.36. The maximum absolute atomic E-state index is 12.4. The molecule has 0 aliphatic carbocycles. The van der Waals surface area contributed by atoms with Gasteiger partial charge in [0.05, 0.1) is 18.7 Å². The minimum Gasteiger partial charge on any atom is -0.495 e. The van der Waals surface area contributed by atoms with Gasteiger partial charge in [-0.25, -0.2) is 4.79 Å². The summed E-state index contributed by atoms with van der Waals surface area (Å²) < 4.78 is 5.22. The van der Waals surface area contributed by atoms with Crippen LogP contribution in [0.5, 0.6) is 5.75 Å². The molecule has 0 spiro atoms. The molecule has 3 rings (SSSR count). The number of benzene rings is 1. The minimum absolute atomic E-state index is 0.102. The Hall–Kier alpha value is -2.26. The summed E-state index contributed by atoms with van der Waals surface area (Å²) in [5, 5.41) is 12.3. The van der Waals surface area contributed by atoms with Gasteiger partial charge in [-0.2, -0.15) is 5.26 Å². The zero-order chi connectivity index (χ0) is 14.8. The molecule has 0 radical (unpaired) electrons. The number of nitrogens with one attached hydrogen (secondary N) is 1. The normalized spacial score (nSPS) is 21.1. The molecule has 1 aromatic carbocycles. The number of methoxy groups -OCH3 is 1. The number of ether oxygens (including phenoxy) is 1. The number of piperazine rings is 1. The van der Waals surface area contributed by atoms with Crippen molar-refractivity contribution in [3.8, 4) is 11.8 Å². The number of carbonyl (C=O) groups is 1. The zero-order valence-corrected chi connectivity index (χ0v) is 12.0. The SMILES string of the molecule is COc1cc(CN2CC3CNCCN3C2=O)ccc1C#N. The van der Waals surface area contributed by atoms with Gasteiger partial charge in [-0.15, -0.1) is 0 Å². The van der Waals surface area contributed by atoms with E-state index in [0.717, 1.165) is 31.7 Å². The van der Waals surface area contributed by atoms with E-state index in [9.17, 15) is 4.79 Å². The van der Waals surface area contributed by atoms with Gasteiger partial charge in [-0.1, -0.05) is 6.07 Å². The third-order valence-corrected chi connectivity index (χ3v) is 4.06. The van der Waals surface area contributed by atoms with Crippen molar-refractivity contribution in [2.75, 3.05) is 33.3 Å². The number of rotatable bonds is 3. The lowest BCUT2D eigenvalue weighted by Crippen LogP contribution is -2.49. The van der Waals surface area contributed by atoms with E-state index in [1.807, 2.05) is 21.9 Å². The summed E-state index contributed by atoms with van der Waals surface area (Å²) in [5.74, 6) is 0.557. The fourth-order valence-electron chi connectivity index (χ4n) is 2.97. The Bertz CT molecular complexity index is 596. The molecule has 1 aromatic rings. The predicted molar refractivity (Wildman–Crippen MR) is 76.9 cm³/mol. The Kier molecular flexibility index (Phi) is 3.67. The van der Waals surface area contributed by atoms with E-state index in [2.05, 4.69) is 11.4 Å². The number of hydrogen-bond donors (Lipinski definition) is 1. The van der Waals surface area contributed by atoms with Gasteiger partial charge < -0.3 is 19.9 Å². The average molecular weight is 286 g/mol. The smallest absolute Gasteiger partial charge is 0.320 e. The van der Waals surface area contributed by atoms with Crippen LogP contribution in [0.2, 0.25) is 0 Å². The Morgan fingerprint density at radius 2 is 2.38 bits per heavy atom. The summed E-state index contributed by atoms with van der Waals surface area (Å²) >= 11 is 0. The number of fused-ring (bicyclic) bond motifs is 1. The number of carbonyl (C=O) groups excluding carboxylic acids is 1. The van der Waals surface area contributed by atoms with Crippen LogP contribution < -0.4 is 10.1 Å². The van der Waals surface area contributed by atoms with Gasteiger partial charge in [0.15, 0.2) is 0 Å². The highest BCUT2D eigenvalue weighted by Gasteiger charge is 2.38. The Morgan fingerprint density at radius 3 is 3.10 bits per heavy atom. The van der Waals surface area contributed by atoms with Crippen molar-refractivity contribution in [2.45, 2.75) is 12.6 Å². The molecule has 2 heterocycles. The Morgan fingerprint density at radius 1 is 1.52 bits per heavy atom. The van der Waals surface area contributed by atoms with Crippen LogP contribution in [0.3, 0.4) is 0 Å². The van der Waals surface area contributed by atoms with Crippen molar-refractivity contribution < 1.29 is 9.53 Å². The van der Waals surface area contributed by atoms with E-state index in [1.165, 1.54) is 0 Å². The molecule has 2 amide bonds. The second kappa shape index (κ2) is 5.62. The van der Waals surface area contributed by atoms with Gasteiger partial charge in [0, 0.05) is 32.7 Å². The standard InChI is InChI=1S/C15H18N4O2/c1-21-14-6-11(2-3-12(14)7-16)9-18-10-13-8-17-4-5-19(13)15(18)20/h2-3,6,13,17H,4-5,8-10H2,1H3. The lowest BCUT2D eigenvalue weighted by atomic mass is 10.1. The summed E-state index contributed by atoms with van der Waals surface area (Å²) in [4.78, 5) is 16.2. The van der Waals surface area contributed by atoms with Crippen LogP contribution in [0.25, 0.3) is 0 Å². The van der Waals surface area contributed by atoms with Crippen molar-refractivity contribution in [1.29, 1.82) is 5.26 Å².